The van der Waals surface area contributed by atoms with E-state index in [0.717, 1.165) is 6.42 Å². The van der Waals surface area contributed by atoms with Crippen molar-refractivity contribution in [1.82, 2.24) is 10.3 Å². The molecule has 1 unspecified atom stereocenters. The quantitative estimate of drug-likeness (QED) is 0.877. The third-order valence-electron chi connectivity index (χ3n) is 3.23. The summed E-state index contributed by atoms with van der Waals surface area (Å²) in [6.45, 7) is 2.57. The van der Waals surface area contributed by atoms with Crippen molar-refractivity contribution in [2.45, 2.75) is 25.8 Å². The molecule has 2 aromatic rings. The maximum atomic E-state index is 13.9. The first kappa shape index (κ1) is 15.5. The van der Waals surface area contributed by atoms with E-state index in [9.17, 15) is 13.2 Å². The van der Waals surface area contributed by atoms with Crippen LogP contribution in [0.1, 0.15) is 30.6 Å². The molecule has 1 aromatic carbocycles. The van der Waals surface area contributed by atoms with Crippen LogP contribution < -0.4 is 5.32 Å². The highest BCUT2D eigenvalue weighted by atomic mass is 19.1. The monoisotopic (exact) mass is 294 g/mol. The number of aromatic nitrogens is 1. The van der Waals surface area contributed by atoms with E-state index in [4.69, 9.17) is 0 Å². The van der Waals surface area contributed by atoms with Gasteiger partial charge in [0.25, 0.3) is 0 Å². The summed E-state index contributed by atoms with van der Waals surface area (Å²) in [5.41, 5.74) is 0.116. The molecule has 0 aliphatic carbocycles. The minimum atomic E-state index is -0.630. The Balaban J connectivity index is 2.31. The Morgan fingerprint density at radius 3 is 2.33 bits per heavy atom. The van der Waals surface area contributed by atoms with E-state index in [1.54, 1.807) is 0 Å². The van der Waals surface area contributed by atoms with Gasteiger partial charge in [0.1, 0.15) is 17.5 Å². The van der Waals surface area contributed by atoms with Gasteiger partial charge < -0.3 is 5.32 Å². The fraction of sp³-hybridized carbons (Fsp3) is 0.312. The highest BCUT2D eigenvalue weighted by Crippen LogP contribution is 2.22. The molecular formula is C16H17F3N2. The van der Waals surface area contributed by atoms with Crippen molar-refractivity contribution < 1.29 is 13.2 Å². The Labute approximate surface area is 122 Å². The third kappa shape index (κ3) is 3.82. The van der Waals surface area contributed by atoms with Crippen LogP contribution in [0.15, 0.2) is 36.5 Å². The molecule has 0 saturated heterocycles. The molecule has 1 heterocycles. The average Bonchev–Trinajstić information content (AvgIpc) is 2.47. The van der Waals surface area contributed by atoms with E-state index < -0.39 is 23.5 Å². The first-order valence-electron chi connectivity index (χ1n) is 6.90. The highest BCUT2D eigenvalue weighted by Gasteiger charge is 2.20. The molecule has 0 fully saturated rings. The molecule has 0 bridgehead atoms. The van der Waals surface area contributed by atoms with Gasteiger partial charge in [-0.1, -0.05) is 13.0 Å². The van der Waals surface area contributed by atoms with Gasteiger partial charge in [-0.3, -0.25) is 4.98 Å². The van der Waals surface area contributed by atoms with Gasteiger partial charge in [-0.2, -0.15) is 0 Å². The van der Waals surface area contributed by atoms with Crippen molar-refractivity contribution in [2.24, 2.45) is 0 Å². The van der Waals surface area contributed by atoms with E-state index >= 15 is 0 Å². The zero-order valence-electron chi connectivity index (χ0n) is 11.7. The summed E-state index contributed by atoms with van der Waals surface area (Å²) in [4.78, 5) is 4.00. The fourth-order valence-corrected chi connectivity index (χ4v) is 2.17. The van der Waals surface area contributed by atoms with Gasteiger partial charge in [0.2, 0.25) is 0 Å². The molecule has 1 aromatic heterocycles. The molecule has 0 saturated carbocycles. The van der Waals surface area contributed by atoms with Gasteiger partial charge in [-0.25, -0.2) is 13.2 Å². The topological polar surface area (TPSA) is 24.9 Å². The van der Waals surface area contributed by atoms with Crippen LogP contribution in [-0.4, -0.2) is 11.5 Å². The van der Waals surface area contributed by atoms with E-state index in [-0.39, 0.29) is 17.7 Å². The molecule has 0 radical (unpaired) electrons. The normalized spacial score (nSPS) is 12.4. The van der Waals surface area contributed by atoms with Gasteiger partial charge in [0.05, 0.1) is 11.7 Å². The molecule has 5 heteroatoms. The van der Waals surface area contributed by atoms with Crippen molar-refractivity contribution >= 4 is 0 Å². The van der Waals surface area contributed by atoms with Crippen LogP contribution in [0.25, 0.3) is 0 Å². The second-order valence-corrected chi connectivity index (χ2v) is 4.78. The van der Waals surface area contributed by atoms with Crippen LogP contribution >= 0.6 is 0 Å². The Bertz CT molecular complexity index is 582. The van der Waals surface area contributed by atoms with E-state index in [1.807, 2.05) is 6.92 Å². The lowest BCUT2D eigenvalue weighted by molar-refractivity contribution is 0.461. The van der Waals surface area contributed by atoms with Crippen molar-refractivity contribution in [2.75, 3.05) is 6.54 Å². The highest BCUT2D eigenvalue weighted by molar-refractivity contribution is 5.23. The maximum Gasteiger partial charge on any atom is 0.146 e. The van der Waals surface area contributed by atoms with E-state index in [2.05, 4.69) is 10.3 Å². The van der Waals surface area contributed by atoms with Crippen LogP contribution in [0.5, 0.6) is 0 Å². The first-order chi connectivity index (χ1) is 10.1. The number of rotatable bonds is 6. The Morgan fingerprint density at radius 2 is 1.71 bits per heavy atom. The van der Waals surface area contributed by atoms with Gasteiger partial charge in [0, 0.05) is 11.8 Å². The predicted octanol–water partition coefficient (Wildman–Crippen LogP) is 3.78. The molecule has 0 spiro atoms. The van der Waals surface area contributed by atoms with Gasteiger partial charge in [-0.05, 0) is 43.7 Å². The smallest absolute Gasteiger partial charge is 0.146 e. The molecule has 1 N–H and O–H groups in total. The van der Waals surface area contributed by atoms with E-state index in [0.29, 0.717) is 6.54 Å². The summed E-state index contributed by atoms with van der Waals surface area (Å²) in [6, 6.07) is 5.91. The molecule has 1 atom stereocenters. The van der Waals surface area contributed by atoms with Crippen LogP contribution in [0, 0.1) is 17.5 Å². The largest absolute Gasteiger partial charge is 0.308 e. The number of pyridine rings is 1. The zero-order chi connectivity index (χ0) is 15.2. The van der Waals surface area contributed by atoms with Crippen LogP contribution in [0.2, 0.25) is 0 Å². The average molecular weight is 294 g/mol. The Hall–Kier alpha value is -1.88. The number of benzene rings is 1. The minimum Gasteiger partial charge on any atom is -0.308 e. The summed E-state index contributed by atoms with van der Waals surface area (Å²) < 4.78 is 41.4. The predicted molar refractivity (Wildman–Crippen MR) is 75.3 cm³/mol. The number of hydrogen-bond acceptors (Lipinski definition) is 2. The lowest BCUT2D eigenvalue weighted by Gasteiger charge is -2.19. The van der Waals surface area contributed by atoms with Crippen molar-refractivity contribution in [3.63, 3.8) is 0 Å². The molecule has 0 amide bonds. The van der Waals surface area contributed by atoms with Crippen molar-refractivity contribution in [3.8, 4) is 0 Å². The second-order valence-electron chi connectivity index (χ2n) is 4.78. The standard InChI is InChI=1S/C16H17F3N2/c1-2-8-20-15(16-14(19)7-4-9-21-16)10-11-12(17)5-3-6-13(11)18/h3-7,9,15,20H,2,8,10H2,1H3. The third-order valence-corrected chi connectivity index (χ3v) is 3.23. The Morgan fingerprint density at radius 1 is 1.05 bits per heavy atom. The van der Waals surface area contributed by atoms with Gasteiger partial charge >= 0.3 is 0 Å². The number of nitrogens with zero attached hydrogens (tertiary/aromatic N) is 1. The number of hydrogen-bond donors (Lipinski definition) is 1. The molecule has 0 aliphatic rings. The van der Waals surface area contributed by atoms with Gasteiger partial charge in [-0.15, -0.1) is 0 Å². The molecular weight excluding hydrogens is 277 g/mol. The summed E-state index contributed by atoms with van der Waals surface area (Å²) >= 11 is 0. The minimum absolute atomic E-state index is 0.00639. The lowest BCUT2D eigenvalue weighted by Crippen LogP contribution is -2.26. The van der Waals surface area contributed by atoms with Gasteiger partial charge in [0.15, 0.2) is 0 Å². The zero-order valence-corrected chi connectivity index (χ0v) is 11.7. The van der Waals surface area contributed by atoms with Crippen LogP contribution in [-0.2, 0) is 6.42 Å². The lowest BCUT2D eigenvalue weighted by atomic mass is 10.0. The molecule has 2 rings (SSSR count). The fourth-order valence-electron chi connectivity index (χ4n) is 2.17. The van der Waals surface area contributed by atoms with E-state index in [1.165, 1.54) is 36.5 Å². The van der Waals surface area contributed by atoms with Crippen molar-refractivity contribution in [1.29, 1.82) is 0 Å². The molecule has 0 aliphatic heterocycles. The summed E-state index contributed by atoms with van der Waals surface area (Å²) in [5.74, 6) is -1.74. The summed E-state index contributed by atoms with van der Waals surface area (Å²) in [5, 5.41) is 3.09. The van der Waals surface area contributed by atoms with Crippen LogP contribution in [0.3, 0.4) is 0 Å². The number of nitrogens with one attached hydrogen (secondary N) is 1. The molecule has 21 heavy (non-hydrogen) atoms. The summed E-state index contributed by atoms with van der Waals surface area (Å²) in [6.07, 6.45) is 2.30. The van der Waals surface area contributed by atoms with Crippen molar-refractivity contribution in [3.05, 3.63) is 65.2 Å². The maximum absolute atomic E-state index is 13.9. The molecule has 112 valence electrons. The molecule has 2 nitrogen and oxygen atoms in total. The number of halogens is 3. The Kier molecular flexibility index (Phi) is 5.33. The summed E-state index contributed by atoms with van der Waals surface area (Å²) in [7, 11) is 0. The van der Waals surface area contributed by atoms with Crippen LogP contribution in [0.4, 0.5) is 13.2 Å². The second kappa shape index (κ2) is 7.22. The first-order valence-corrected chi connectivity index (χ1v) is 6.90. The SMILES string of the molecule is CCCNC(Cc1c(F)cccc1F)c1ncccc1F.